The minimum atomic E-state index is -0.0101. The number of aromatic hydroxyl groups is 1. The fourth-order valence-electron chi connectivity index (χ4n) is 2.08. The molecule has 0 saturated carbocycles. The molecule has 0 amide bonds. The van der Waals surface area contributed by atoms with Crippen LogP contribution in [0.2, 0.25) is 0 Å². The summed E-state index contributed by atoms with van der Waals surface area (Å²) >= 11 is 1.57. The first kappa shape index (κ1) is 15.6. The van der Waals surface area contributed by atoms with Gasteiger partial charge in [-0.3, -0.25) is 0 Å². The fourth-order valence-corrected chi connectivity index (χ4v) is 2.93. The van der Waals surface area contributed by atoms with E-state index in [1.54, 1.807) is 30.6 Å². The molecule has 0 radical (unpaired) electrons. The molecule has 3 rings (SSSR count). The fraction of sp³-hybridized carbons (Fsp3) is 0.312. The number of thiazole rings is 1. The van der Waals surface area contributed by atoms with Crippen LogP contribution in [-0.2, 0) is 17.6 Å². The molecule has 0 unspecified atom stereocenters. The minimum Gasteiger partial charge on any atom is -0.508 e. The SMILES string of the molecule is CO[C@@H](C)c1nc(Cc2noc(Cc3ccc(O)cc3)n2)cs1. The quantitative estimate of drug-likeness (QED) is 0.747. The molecule has 0 spiro atoms. The van der Waals surface area contributed by atoms with Gasteiger partial charge in [0.25, 0.3) is 0 Å². The van der Waals surface area contributed by atoms with Crippen molar-refractivity contribution in [1.29, 1.82) is 0 Å². The molecule has 1 N–H and O–H groups in total. The molecule has 0 saturated heterocycles. The number of methoxy groups -OCH3 is 1. The van der Waals surface area contributed by atoms with Gasteiger partial charge in [-0.15, -0.1) is 11.3 Å². The standard InChI is InChI=1S/C16H17N3O3S/c1-10(21-2)16-17-12(9-23-16)8-14-18-15(22-19-14)7-11-3-5-13(20)6-4-11/h3-6,9-10,20H,7-8H2,1-2H3/t10-/m0/s1. The van der Waals surface area contributed by atoms with Gasteiger partial charge in [0.2, 0.25) is 5.89 Å². The highest BCUT2D eigenvalue weighted by atomic mass is 32.1. The summed E-state index contributed by atoms with van der Waals surface area (Å²) in [5.74, 6) is 1.40. The Balaban J connectivity index is 1.65. The summed E-state index contributed by atoms with van der Waals surface area (Å²) in [5.41, 5.74) is 1.91. The molecule has 7 heteroatoms. The van der Waals surface area contributed by atoms with Crippen LogP contribution in [-0.4, -0.2) is 27.3 Å². The molecule has 0 aliphatic heterocycles. The van der Waals surface area contributed by atoms with Gasteiger partial charge in [-0.05, 0) is 24.6 Å². The van der Waals surface area contributed by atoms with Crippen LogP contribution in [0.15, 0.2) is 34.2 Å². The lowest BCUT2D eigenvalue weighted by Crippen LogP contribution is -1.97. The first-order valence-electron chi connectivity index (χ1n) is 7.20. The maximum Gasteiger partial charge on any atom is 0.231 e. The van der Waals surface area contributed by atoms with Gasteiger partial charge in [0.15, 0.2) is 5.82 Å². The Hall–Kier alpha value is -2.25. The number of hydrogen-bond donors (Lipinski definition) is 1. The van der Waals surface area contributed by atoms with Crippen molar-refractivity contribution < 1.29 is 14.4 Å². The molecule has 0 fully saturated rings. The van der Waals surface area contributed by atoms with Crippen LogP contribution < -0.4 is 0 Å². The van der Waals surface area contributed by atoms with E-state index in [-0.39, 0.29) is 11.9 Å². The van der Waals surface area contributed by atoms with E-state index < -0.39 is 0 Å². The highest BCUT2D eigenvalue weighted by Crippen LogP contribution is 2.21. The summed E-state index contributed by atoms with van der Waals surface area (Å²) in [4.78, 5) is 8.91. The second-order valence-electron chi connectivity index (χ2n) is 5.18. The van der Waals surface area contributed by atoms with E-state index in [1.807, 2.05) is 24.4 Å². The van der Waals surface area contributed by atoms with Crippen molar-refractivity contribution in [2.75, 3.05) is 7.11 Å². The van der Waals surface area contributed by atoms with Crippen molar-refractivity contribution in [1.82, 2.24) is 15.1 Å². The predicted octanol–water partition coefficient (Wildman–Crippen LogP) is 3.12. The van der Waals surface area contributed by atoms with Crippen molar-refractivity contribution in [3.05, 3.63) is 57.6 Å². The van der Waals surface area contributed by atoms with Crippen molar-refractivity contribution >= 4 is 11.3 Å². The number of rotatable bonds is 6. The lowest BCUT2D eigenvalue weighted by atomic mass is 10.1. The number of benzene rings is 1. The average Bonchev–Trinajstić information content (AvgIpc) is 3.19. The van der Waals surface area contributed by atoms with Gasteiger partial charge in [-0.2, -0.15) is 4.98 Å². The van der Waals surface area contributed by atoms with Crippen molar-refractivity contribution in [2.45, 2.75) is 25.9 Å². The Kier molecular flexibility index (Phi) is 4.68. The van der Waals surface area contributed by atoms with E-state index in [0.717, 1.165) is 16.3 Å². The van der Waals surface area contributed by atoms with Gasteiger partial charge in [-0.25, -0.2) is 4.98 Å². The molecular weight excluding hydrogens is 314 g/mol. The van der Waals surface area contributed by atoms with Crippen molar-refractivity contribution in [2.24, 2.45) is 0 Å². The topological polar surface area (TPSA) is 81.3 Å². The molecule has 0 aliphatic carbocycles. The number of phenolic OH excluding ortho intramolecular Hbond substituents is 1. The second kappa shape index (κ2) is 6.89. The second-order valence-corrected chi connectivity index (χ2v) is 6.07. The molecule has 0 bridgehead atoms. The average molecular weight is 331 g/mol. The smallest absolute Gasteiger partial charge is 0.231 e. The Morgan fingerprint density at radius 1 is 1.22 bits per heavy atom. The van der Waals surface area contributed by atoms with Gasteiger partial charge in [-0.1, -0.05) is 17.3 Å². The Labute approximate surface area is 137 Å². The molecule has 1 aromatic carbocycles. The van der Waals surface area contributed by atoms with Crippen LogP contribution in [0, 0.1) is 0 Å². The zero-order chi connectivity index (χ0) is 16.2. The van der Waals surface area contributed by atoms with E-state index in [2.05, 4.69) is 15.1 Å². The third-order valence-corrected chi connectivity index (χ3v) is 4.47. The third-order valence-electron chi connectivity index (χ3n) is 3.41. The van der Waals surface area contributed by atoms with Gasteiger partial charge in [0, 0.05) is 12.5 Å². The minimum absolute atomic E-state index is 0.0101. The Bertz CT molecular complexity index is 767. The summed E-state index contributed by atoms with van der Waals surface area (Å²) in [5, 5.41) is 16.2. The van der Waals surface area contributed by atoms with Crippen LogP contribution in [0.25, 0.3) is 0 Å². The maximum atomic E-state index is 9.28. The molecule has 6 nitrogen and oxygen atoms in total. The zero-order valence-corrected chi connectivity index (χ0v) is 13.7. The van der Waals surface area contributed by atoms with Crippen molar-refractivity contribution in [3.63, 3.8) is 0 Å². The lowest BCUT2D eigenvalue weighted by molar-refractivity contribution is 0.119. The predicted molar refractivity (Wildman–Crippen MR) is 85.6 cm³/mol. The van der Waals surface area contributed by atoms with E-state index in [0.29, 0.717) is 24.6 Å². The van der Waals surface area contributed by atoms with Gasteiger partial charge >= 0.3 is 0 Å². The highest BCUT2D eigenvalue weighted by molar-refractivity contribution is 7.09. The maximum absolute atomic E-state index is 9.28. The van der Waals surface area contributed by atoms with Crippen LogP contribution in [0.3, 0.4) is 0 Å². The van der Waals surface area contributed by atoms with Crippen molar-refractivity contribution in [3.8, 4) is 5.75 Å². The first-order valence-corrected chi connectivity index (χ1v) is 8.08. The zero-order valence-electron chi connectivity index (χ0n) is 12.9. The normalized spacial score (nSPS) is 12.4. The van der Waals surface area contributed by atoms with Crippen LogP contribution >= 0.6 is 11.3 Å². The summed E-state index contributed by atoms with van der Waals surface area (Å²) in [6, 6.07) is 6.94. The van der Waals surface area contributed by atoms with E-state index >= 15 is 0 Å². The van der Waals surface area contributed by atoms with E-state index in [1.165, 1.54) is 0 Å². The largest absolute Gasteiger partial charge is 0.508 e. The summed E-state index contributed by atoms with van der Waals surface area (Å²) in [7, 11) is 1.67. The monoisotopic (exact) mass is 331 g/mol. The van der Waals surface area contributed by atoms with E-state index in [9.17, 15) is 5.11 Å². The molecule has 0 aliphatic rings. The molecule has 23 heavy (non-hydrogen) atoms. The first-order chi connectivity index (χ1) is 11.1. The Morgan fingerprint density at radius 2 is 2.00 bits per heavy atom. The number of ether oxygens (including phenoxy) is 1. The summed E-state index contributed by atoms with van der Waals surface area (Å²) < 4.78 is 10.5. The van der Waals surface area contributed by atoms with Gasteiger partial charge < -0.3 is 14.4 Å². The summed E-state index contributed by atoms with van der Waals surface area (Å²) in [6.45, 7) is 1.97. The van der Waals surface area contributed by atoms with Gasteiger partial charge in [0.1, 0.15) is 16.9 Å². The number of hydrogen-bond acceptors (Lipinski definition) is 7. The van der Waals surface area contributed by atoms with Crippen LogP contribution in [0.4, 0.5) is 0 Å². The molecule has 1 atom stereocenters. The van der Waals surface area contributed by atoms with E-state index in [4.69, 9.17) is 9.26 Å². The molecular formula is C16H17N3O3S. The number of aromatic nitrogens is 3. The highest BCUT2D eigenvalue weighted by Gasteiger charge is 2.13. The van der Waals surface area contributed by atoms with Crippen LogP contribution in [0.1, 0.15) is 41.0 Å². The molecule has 120 valence electrons. The molecule has 2 aromatic heterocycles. The lowest BCUT2D eigenvalue weighted by Gasteiger charge is -2.03. The Morgan fingerprint density at radius 3 is 2.74 bits per heavy atom. The van der Waals surface area contributed by atoms with Gasteiger partial charge in [0.05, 0.1) is 18.5 Å². The number of nitrogens with zero attached hydrogens (tertiary/aromatic N) is 3. The summed E-state index contributed by atoms with van der Waals surface area (Å²) in [6.07, 6.45) is 1.06. The van der Waals surface area contributed by atoms with Crippen LogP contribution in [0.5, 0.6) is 5.75 Å². The number of phenols is 1. The molecule has 2 heterocycles. The molecule has 3 aromatic rings. The third kappa shape index (κ3) is 3.94.